The molecule has 1 unspecified atom stereocenters. The Balaban J connectivity index is 2.62. The summed E-state index contributed by atoms with van der Waals surface area (Å²) in [7, 11) is 0. The largest absolute Gasteiger partial charge is 0.480 e. The monoisotopic (exact) mass is 270 g/mol. The lowest BCUT2D eigenvalue weighted by molar-refractivity contribution is -0.139. The van der Waals surface area contributed by atoms with Crippen molar-refractivity contribution in [2.24, 2.45) is 0 Å². The van der Waals surface area contributed by atoms with Gasteiger partial charge in [-0.3, -0.25) is 0 Å². The Bertz CT molecular complexity index is 407. The Kier molecular flexibility index (Phi) is 5.80. The average molecular weight is 270 g/mol. The highest BCUT2D eigenvalue weighted by molar-refractivity contribution is 5.82. The molecule has 106 valence electrons. The quantitative estimate of drug-likeness (QED) is 0.529. The first-order valence-electron chi connectivity index (χ1n) is 5.94. The highest BCUT2D eigenvalue weighted by atomic mass is 16.4. The van der Waals surface area contributed by atoms with E-state index in [-0.39, 0.29) is 19.6 Å². The molecule has 0 bridgehead atoms. The lowest BCUT2D eigenvalue weighted by Gasteiger charge is -2.22. The van der Waals surface area contributed by atoms with Crippen LogP contribution in [0, 0.1) is 0 Å². The van der Waals surface area contributed by atoms with E-state index in [1.165, 1.54) is 17.4 Å². The highest BCUT2D eigenvalue weighted by Crippen LogP contribution is 2.00. The number of likely N-dealkylation sites (N-methyl/N-ethyl adjacent to an activating group) is 1. The zero-order chi connectivity index (χ0) is 14.3. The number of carbonyl (C=O) groups excluding carboxylic acids is 1. The minimum absolute atomic E-state index is 0.123. The van der Waals surface area contributed by atoms with Crippen LogP contribution in [0.3, 0.4) is 0 Å². The number of aliphatic carboxylic acids is 1. The molecule has 0 aromatic carbocycles. The van der Waals surface area contributed by atoms with Crippen LogP contribution in [0.1, 0.15) is 12.6 Å². The molecule has 8 nitrogen and oxygen atoms in total. The zero-order valence-corrected chi connectivity index (χ0v) is 10.7. The molecule has 0 radical (unpaired) electrons. The first kappa shape index (κ1) is 15.0. The molecular weight excluding hydrogens is 252 g/mol. The van der Waals surface area contributed by atoms with E-state index in [2.05, 4.69) is 15.3 Å². The first-order chi connectivity index (χ1) is 9.08. The van der Waals surface area contributed by atoms with Gasteiger partial charge in [-0.25, -0.2) is 14.6 Å². The fraction of sp³-hybridized carbons (Fsp3) is 0.545. The van der Waals surface area contributed by atoms with Crippen LogP contribution in [0.5, 0.6) is 0 Å². The molecule has 0 fully saturated rings. The van der Waals surface area contributed by atoms with E-state index < -0.39 is 18.0 Å². The first-order valence-corrected chi connectivity index (χ1v) is 5.94. The van der Waals surface area contributed by atoms with Gasteiger partial charge in [0.2, 0.25) is 0 Å². The van der Waals surface area contributed by atoms with E-state index in [0.29, 0.717) is 12.2 Å². The number of carboxylic acids is 1. The molecule has 1 heterocycles. The van der Waals surface area contributed by atoms with Crippen LogP contribution >= 0.6 is 0 Å². The predicted molar refractivity (Wildman–Crippen MR) is 66.6 cm³/mol. The molecule has 2 amide bonds. The minimum Gasteiger partial charge on any atom is -0.480 e. The maximum Gasteiger partial charge on any atom is 0.326 e. The summed E-state index contributed by atoms with van der Waals surface area (Å²) in [4.78, 5) is 30.8. The van der Waals surface area contributed by atoms with E-state index in [9.17, 15) is 9.59 Å². The summed E-state index contributed by atoms with van der Waals surface area (Å²) in [6, 6.07) is -1.55. The molecule has 19 heavy (non-hydrogen) atoms. The minimum atomic E-state index is -1.12. The molecule has 1 rings (SSSR count). The van der Waals surface area contributed by atoms with Crippen molar-refractivity contribution in [2.75, 3.05) is 19.7 Å². The lowest BCUT2D eigenvalue weighted by Crippen LogP contribution is -2.49. The number of carbonyl (C=O) groups is 2. The Hall–Kier alpha value is -2.09. The van der Waals surface area contributed by atoms with Gasteiger partial charge >= 0.3 is 12.0 Å². The number of rotatable bonds is 7. The van der Waals surface area contributed by atoms with Gasteiger partial charge in [-0.15, -0.1) is 0 Å². The van der Waals surface area contributed by atoms with Gasteiger partial charge in [-0.1, -0.05) is 0 Å². The van der Waals surface area contributed by atoms with Crippen LogP contribution in [0.2, 0.25) is 0 Å². The van der Waals surface area contributed by atoms with Crippen molar-refractivity contribution in [3.8, 4) is 0 Å². The fourth-order valence-electron chi connectivity index (χ4n) is 1.58. The fourth-order valence-corrected chi connectivity index (χ4v) is 1.58. The van der Waals surface area contributed by atoms with E-state index in [0.717, 1.165) is 0 Å². The highest BCUT2D eigenvalue weighted by Gasteiger charge is 2.23. The van der Waals surface area contributed by atoms with Gasteiger partial charge in [0, 0.05) is 31.4 Å². The van der Waals surface area contributed by atoms with E-state index in [1.54, 1.807) is 6.92 Å². The van der Waals surface area contributed by atoms with Crippen LogP contribution in [-0.4, -0.2) is 62.8 Å². The third-order valence-corrected chi connectivity index (χ3v) is 2.61. The van der Waals surface area contributed by atoms with Crippen molar-refractivity contribution in [3.63, 3.8) is 0 Å². The maximum atomic E-state index is 11.8. The molecular formula is C11H18N4O4. The van der Waals surface area contributed by atoms with Crippen LogP contribution in [0.4, 0.5) is 4.79 Å². The molecule has 0 saturated heterocycles. The zero-order valence-electron chi connectivity index (χ0n) is 10.7. The van der Waals surface area contributed by atoms with Gasteiger partial charge in [0.25, 0.3) is 0 Å². The second-order valence-electron chi connectivity index (χ2n) is 3.92. The second-order valence-corrected chi connectivity index (χ2v) is 3.92. The van der Waals surface area contributed by atoms with Crippen molar-refractivity contribution < 1.29 is 19.8 Å². The molecule has 1 aromatic rings. The van der Waals surface area contributed by atoms with Gasteiger partial charge in [0.1, 0.15) is 6.04 Å². The van der Waals surface area contributed by atoms with Crippen molar-refractivity contribution in [3.05, 3.63) is 18.2 Å². The normalized spacial score (nSPS) is 11.9. The molecule has 8 heteroatoms. The number of nitrogens with zero attached hydrogens (tertiary/aromatic N) is 2. The van der Waals surface area contributed by atoms with E-state index in [1.807, 2.05) is 0 Å². The number of nitrogens with one attached hydrogen (secondary N) is 2. The van der Waals surface area contributed by atoms with Crippen molar-refractivity contribution in [1.82, 2.24) is 20.2 Å². The molecule has 1 atom stereocenters. The van der Waals surface area contributed by atoms with Crippen molar-refractivity contribution >= 4 is 12.0 Å². The number of hydrogen-bond donors (Lipinski definition) is 4. The van der Waals surface area contributed by atoms with E-state index >= 15 is 0 Å². The number of H-pyrrole nitrogens is 1. The number of urea groups is 1. The van der Waals surface area contributed by atoms with Gasteiger partial charge < -0.3 is 25.4 Å². The third-order valence-electron chi connectivity index (χ3n) is 2.61. The van der Waals surface area contributed by atoms with E-state index in [4.69, 9.17) is 10.2 Å². The summed E-state index contributed by atoms with van der Waals surface area (Å²) in [6.45, 7) is 2.14. The molecule has 0 aliphatic heterocycles. The lowest BCUT2D eigenvalue weighted by atomic mass is 10.1. The number of carboxylic acid groups (broad SMARTS) is 1. The summed E-state index contributed by atoms with van der Waals surface area (Å²) in [5, 5.41) is 20.3. The van der Waals surface area contributed by atoms with Crippen LogP contribution in [0.25, 0.3) is 0 Å². The number of aliphatic hydroxyl groups excluding tert-OH is 1. The van der Waals surface area contributed by atoms with Crippen molar-refractivity contribution in [2.45, 2.75) is 19.4 Å². The Labute approximate surface area is 110 Å². The van der Waals surface area contributed by atoms with Gasteiger partial charge in [0.15, 0.2) is 0 Å². The summed E-state index contributed by atoms with van der Waals surface area (Å²) >= 11 is 0. The summed E-state index contributed by atoms with van der Waals surface area (Å²) < 4.78 is 0. The molecule has 0 aliphatic carbocycles. The standard InChI is InChI=1S/C11H18N4O4/c1-2-15(3-4-16)11(19)14-9(10(17)18)5-8-6-12-7-13-8/h6-7,9,16H,2-5H2,1H3,(H,12,13)(H,14,19)(H,17,18). The smallest absolute Gasteiger partial charge is 0.326 e. The topological polar surface area (TPSA) is 119 Å². The van der Waals surface area contributed by atoms with Crippen LogP contribution < -0.4 is 5.32 Å². The van der Waals surface area contributed by atoms with Gasteiger partial charge in [0.05, 0.1) is 12.9 Å². The number of aliphatic hydroxyl groups is 1. The molecule has 4 N–H and O–H groups in total. The number of aromatic nitrogens is 2. The molecule has 0 spiro atoms. The van der Waals surface area contributed by atoms with Gasteiger partial charge in [-0.2, -0.15) is 0 Å². The number of aromatic amines is 1. The summed E-state index contributed by atoms with van der Waals surface area (Å²) in [5.41, 5.74) is 0.623. The average Bonchev–Trinajstić information content (AvgIpc) is 2.87. The Morgan fingerprint density at radius 2 is 2.32 bits per heavy atom. The Morgan fingerprint density at radius 3 is 2.79 bits per heavy atom. The van der Waals surface area contributed by atoms with Crippen LogP contribution in [0.15, 0.2) is 12.5 Å². The Morgan fingerprint density at radius 1 is 1.58 bits per heavy atom. The molecule has 0 saturated carbocycles. The third kappa shape index (κ3) is 4.59. The summed E-state index contributed by atoms with van der Waals surface area (Å²) in [5.74, 6) is -1.12. The van der Waals surface area contributed by atoms with Gasteiger partial charge in [-0.05, 0) is 6.92 Å². The molecule has 1 aromatic heterocycles. The van der Waals surface area contributed by atoms with Crippen molar-refractivity contribution in [1.29, 1.82) is 0 Å². The summed E-state index contributed by atoms with van der Waals surface area (Å²) in [6.07, 6.45) is 3.07. The maximum absolute atomic E-state index is 11.8. The second kappa shape index (κ2) is 7.37. The SMILES string of the molecule is CCN(CCO)C(=O)NC(Cc1cnc[nH]1)C(=O)O. The predicted octanol–water partition coefficient (Wildman–Crippen LogP) is -0.571. The molecule has 0 aliphatic rings. The number of imidazole rings is 1. The number of hydrogen-bond acceptors (Lipinski definition) is 4. The number of amides is 2. The van der Waals surface area contributed by atoms with Crippen LogP contribution in [-0.2, 0) is 11.2 Å².